The number of aliphatic hydroxyl groups is 1. The highest BCUT2D eigenvalue weighted by Gasteiger charge is 2.44. The van der Waals surface area contributed by atoms with E-state index in [9.17, 15) is 9.90 Å². The first kappa shape index (κ1) is 23.6. The van der Waals surface area contributed by atoms with Crippen LogP contribution in [0.2, 0.25) is 0 Å². The van der Waals surface area contributed by atoms with Gasteiger partial charge in [-0.15, -0.1) is 0 Å². The molecule has 0 saturated carbocycles. The van der Waals surface area contributed by atoms with Crippen LogP contribution in [0.25, 0.3) is 0 Å². The molecule has 180 valence electrons. The first-order chi connectivity index (χ1) is 15.8. The van der Waals surface area contributed by atoms with Crippen LogP contribution in [0.15, 0.2) is 42.5 Å². The van der Waals surface area contributed by atoms with E-state index in [4.69, 9.17) is 14.2 Å². The molecule has 6 heteroatoms. The molecule has 0 unspecified atom stereocenters. The maximum atomic E-state index is 13.2. The number of amides is 1. The third-order valence-electron chi connectivity index (χ3n) is 6.39. The van der Waals surface area contributed by atoms with Gasteiger partial charge in [-0.2, -0.15) is 0 Å². The summed E-state index contributed by atoms with van der Waals surface area (Å²) in [5.41, 5.74) is 1.98. The van der Waals surface area contributed by atoms with Gasteiger partial charge in [-0.05, 0) is 52.0 Å². The Labute approximate surface area is 197 Å². The molecular weight excluding hydrogens is 418 g/mol. The van der Waals surface area contributed by atoms with E-state index in [1.165, 1.54) is 0 Å². The Morgan fingerprint density at radius 2 is 1.88 bits per heavy atom. The second-order valence-corrected chi connectivity index (χ2v) is 9.64. The Balaban J connectivity index is 0.00000324. The third-order valence-corrected chi connectivity index (χ3v) is 6.39. The fraction of sp³-hybridized carbons (Fsp3) is 0.519. The predicted octanol–water partition coefficient (Wildman–Crippen LogP) is 5.14. The van der Waals surface area contributed by atoms with Crippen molar-refractivity contribution in [1.29, 1.82) is 0 Å². The molecule has 4 rings (SSSR count). The Morgan fingerprint density at radius 1 is 1.15 bits per heavy atom. The van der Waals surface area contributed by atoms with Crippen LogP contribution < -0.4 is 9.47 Å². The van der Waals surface area contributed by atoms with E-state index in [1.807, 2.05) is 36.9 Å². The number of rotatable bonds is 6. The Kier molecular flexibility index (Phi) is 6.96. The smallest absolute Gasteiger partial charge is 0.253 e. The summed E-state index contributed by atoms with van der Waals surface area (Å²) in [4.78, 5) is 15.1. The lowest BCUT2D eigenvalue weighted by Crippen LogP contribution is -2.52. The number of fused-ring (bicyclic) bond motifs is 1. The van der Waals surface area contributed by atoms with Gasteiger partial charge in [0.2, 0.25) is 0 Å². The fourth-order valence-electron chi connectivity index (χ4n) is 4.82. The first-order valence-corrected chi connectivity index (χ1v) is 11.9. The van der Waals surface area contributed by atoms with Gasteiger partial charge in [0.15, 0.2) is 0 Å². The van der Waals surface area contributed by atoms with Crippen LogP contribution in [0.5, 0.6) is 11.5 Å². The van der Waals surface area contributed by atoms with E-state index < -0.39 is 0 Å². The van der Waals surface area contributed by atoms with E-state index in [0.717, 1.165) is 30.6 Å². The molecular formula is C27H37NO5. The van der Waals surface area contributed by atoms with Gasteiger partial charge in [-0.25, -0.2) is 0 Å². The number of piperidine rings is 1. The molecule has 2 aromatic rings. The quantitative estimate of drug-likeness (QED) is 0.654. The average Bonchev–Trinajstić information content (AvgIpc) is 2.78. The number of hydrogen-bond donors (Lipinski definition) is 1. The molecule has 0 aliphatic carbocycles. The number of nitrogens with zero attached hydrogens (tertiary/aromatic N) is 1. The van der Waals surface area contributed by atoms with Gasteiger partial charge in [-0.3, -0.25) is 4.79 Å². The molecule has 0 aromatic heterocycles. The minimum Gasteiger partial charge on any atom is -0.491 e. The Morgan fingerprint density at radius 3 is 2.55 bits per heavy atom. The summed E-state index contributed by atoms with van der Waals surface area (Å²) in [6.07, 6.45) is 2.43. The van der Waals surface area contributed by atoms with Gasteiger partial charge in [0, 0.05) is 50.5 Å². The summed E-state index contributed by atoms with van der Waals surface area (Å²) < 4.78 is 18.5. The van der Waals surface area contributed by atoms with Gasteiger partial charge >= 0.3 is 0 Å². The zero-order valence-corrected chi connectivity index (χ0v) is 20.0. The number of aliphatic hydroxyl groups excluding tert-OH is 1. The van der Waals surface area contributed by atoms with Gasteiger partial charge in [0.05, 0.1) is 24.9 Å². The highest BCUT2D eigenvalue weighted by molar-refractivity contribution is 5.94. The molecule has 6 nitrogen and oxygen atoms in total. The maximum Gasteiger partial charge on any atom is 0.253 e. The van der Waals surface area contributed by atoms with Crippen molar-refractivity contribution in [1.82, 2.24) is 4.90 Å². The number of likely N-dealkylation sites (tertiary alicyclic amines) is 1. The summed E-state index contributed by atoms with van der Waals surface area (Å²) >= 11 is 0. The van der Waals surface area contributed by atoms with Crippen molar-refractivity contribution in [3.05, 3.63) is 59.2 Å². The van der Waals surface area contributed by atoms with Crippen LogP contribution in [-0.2, 0) is 11.3 Å². The molecule has 2 aliphatic rings. The monoisotopic (exact) mass is 455 g/mol. The number of carbonyl (C=O) groups excluding carboxylic acids is 1. The highest BCUT2D eigenvalue weighted by Crippen LogP contribution is 2.46. The molecule has 0 bridgehead atoms. The normalized spacial score (nSPS) is 19.5. The van der Waals surface area contributed by atoms with Crippen molar-refractivity contribution in [2.24, 2.45) is 0 Å². The van der Waals surface area contributed by atoms with E-state index in [1.54, 1.807) is 18.2 Å². The molecule has 1 atom stereocenters. The molecule has 2 heterocycles. The number of ether oxygens (including phenoxy) is 3. The van der Waals surface area contributed by atoms with Crippen molar-refractivity contribution in [2.75, 3.05) is 13.1 Å². The van der Waals surface area contributed by atoms with Crippen LogP contribution in [-0.4, -0.2) is 46.8 Å². The van der Waals surface area contributed by atoms with E-state index >= 15 is 0 Å². The van der Waals surface area contributed by atoms with Crippen LogP contribution in [0.4, 0.5) is 0 Å². The summed E-state index contributed by atoms with van der Waals surface area (Å²) in [6.45, 7) is 9.06. The van der Waals surface area contributed by atoms with Crippen LogP contribution >= 0.6 is 0 Å². The Hall–Kier alpha value is -2.57. The second kappa shape index (κ2) is 9.74. The van der Waals surface area contributed by atoms with Crippen molar-refractivity contribution >= 4 is 5.91 Å². The van der Waals surface area contributed by atoms with Crippen molar-refractivity contribution < 1.29 is 25.5 Å². The summed E-state index contributed by atoms with van der Waals surface area (Å²) in [5.74, 6) is 1.48. The second-order valence-electron chi connectivity index (χ2n) is 9.64. The number of para-hydroxylation sites is 1. The van der Waals surface area contributed by atoms with E-state index in [-0.39, 0.29) is 37.9 Å². The molecule has 2 aromatic carbocycles. The standard InChI is InChI=1S/C27H35NO5.H2/c1-18(2)31-23-10-9-20(15-21(23)17-29)26(30)28-13-11-27(12-14-28)16-25(32-19(3)4)22-7-5-6-8-24(22)33-27;/h5-10,15,18-19,25,29H,11-14,16-17H2,1-4H3;1H/t25-;/m0./s1. The highest BCUT2D eigenvalue weighted by atomic mass is 16.5. The van der Waals surface area contributed by atoms with Gasteiger partial charge < -0.3 is 24.2 Å². The van der Waals surface area contributed by atoms with Gasteiger partial charge in [-0.1, -0.05) is 18.2 Å². The minimum absolute atomic E-state index is 0. The largest absolute Gasteiger partial charge is 0.491 e. The Bertz CT molecular complexity index is 985. The maximum absolute atomic E-state index is 13.2. The zero-order valence-electron chi connectivity index (χ0n) is 20.0. The SMILES string of the molecule is CC(C)Oc1ccc(C(=O)N2CCC3(CC2)C[C@H](OC(C)C)c2ccccc2O3)cc1CO.[HH]. The molecule has 1 spiro atoms. The summed E-state index contributed by atoms with van der Waals surface area (Å²) in [5, 5.41) is 9.75. The molecule has 1 amide bonds. The number of benzene rings is 2. The molecule has 1 saturated heterocycles. The minimum atomic E-state index is -0.324. The van der Waals surface area contributed by atoms with Crippen LogP contribution in [0.1, 0.15) is 76.0 Å². The number of carbonyl (C=O) groups is 1. The van der Waals surface area contributed by atoms with Crippen molar-refractivity contribution in [3.8, 4) is 11.5 Å². The number of hydrogen-bond acceptors (Lipinski definition) is 5. The van der Waals surface area contributed by atoms with Gasteiger partial charge in [0.1, 0.15) is 17.1 Å². The first-order valence-electron chi connectivity index (χ1n) is 11.9. The lowest BCUT2D eigenvalue weighted by molar-refractivity contribution is -0.0872. The van der Waals surface area contributed by atoms with E-state index in [0.29, 0.717) is 30.0 Å². The fourth-order valence-corrected chi connectivity index (χ4v) is 4.82. The average molecular weight is 456 g/mol. The lowest BCUT2D eigenvalue weighted by atomic mass is 9.81. The van der Waals surface area contributed by atoms with Crippen LogP contribution in [0, 0.1) is 0 Å². The molecule has 2 aliphatic heterocycles. The third kappa shape index (κ3) is 5.17. The molecule has 0 radical (unpaired) electrons. The lowest BCUT2D eigenvalue weighted by Gasteiger charge is -2.47. The van der Waals surface area contributed by atoms with Crippen molar-refractivity contribution in [3.63, 3.8) is 0 Å². The molecule has 1 fully saturated rings. The van der Waals surface area contributed by atoms with Crippen LogP contribution in [0.3, 0.4) is 0 Å². The topological polar surface area (TPSA) is 68.2 Å². The predicted molar refractivity (Wildman–Crippen MR) is 129 cm³/mol. The summed E-state index contributed by atoms with van der Waals surface area (Å²) in [6, 6.07) is 13.4. The van der Waals surface area contributed by atoms with Gasteiger partial charge in [0.25, 0.3) is 5.91 Å². The zero-order chi connectivity index (χ0) is 23.6. The van der Waals surface area contributed by atoms with Crippen molar-refractivity contribution in [2.45, 2.75) is 77.5 Å². The molecule has 1 N–H and O–H groups in total. The molecule has 33 heavy (non-hydrogen) atoms. The summed E-state index contributed by atoms with van der Waals surface area (Å²) in [7, 11) is 0. The van der Waals surface area contributed by atoms with E-state index in [2.05, 4.69) is 19.9 Å².